The van der Waals surface area contributed by atoms with Gasteiger partial charge in [-0.15, -0.1) is 0 Å². The van der Waals surface area contributed by atoms with Gasteiger partial charge in [-0.3, -0.25) is 4.79 Å². The molecule has 2 aromatic heterocycles. The number of amides is 1. The van der Waals surface area contributed by atoms with Crippen molar-refractivity contribution in [3.63, 3.8) is 0 Å². The minimum Gasteiger partial charge on any atom is -0.352 e. The van der Waals surface area contributed by atoms with Gasteiger partial charge in [0.05, 0.1) is 23.0 Å². The minimum atomic E-state index is 0.227. The van der Waals surface area contributed by atoms with Crippen LogP contribution in [0.1, 0.15) is 81.0 Å². The van der Waals surface area contributed by atoms with Gasteiger partial charge in [0.25, 0.3) is 0 Å². The first-order chi connectivity index (χ1) is 17.1. The summed E-state index contributed by atoms with van der Waals surface area (Å²) in [5, 5.41) is 13.5. The lowest BCUT2D eigenvalue weighted by atomic mass is 10.0. The maximum Gasteiger partial charge on any atom is 0.222 e. The molecule has 3 heterocycles. The summed E-state index contributed by atoms with van der Waals surface area (Å²) in [6.45, 7) is 6.42. The molecule has 0 spiro atoms. The molecule has 1 N–H and O–H groups in total. The van der Waals surface area contributed by atoms with Crippen LogP contribution >= 0.6 is 0 Å². The van der Waals surface area contributed by atoms with Crippen LogP contribution in [0.5, 0.6) is 0 Å². The van der Waals surface area contributed by atoms with Crippen molar-refractivity contribution in [1.82, 2.24) is 14.9 Å². The first-order valence-corrected chi connectivity index (χ1v) is 13.3. The normalized spacial score (nSPS) is 20.0. The number of unbranched alkanes of at least 4 members (excludes halogenated alkanes) is 2. The number of carbonyl (C=O) groups excluding carboxylic acids is 1. The third-order valence-corrected chi connectivity index (χ3v) is 7.49. The summed E-state index contributed by atoms with van der Waals surface area (Å²) in [7, 11) is 0. The number of pyridine rings is 2. The predicted molar refractivity (Wildman–Crippen MR) is 138 cm³/mol. The van der Waals surface area contributed by atoms with Crippen LogP contribution in [0.3, 0.4) is 0 Å². The van der Waals surface area contributed by atoms with Gasteiger partial charge in [0.2, 0.25) is 5.91 Å². The monoisotopic (exact) mass is 472 g/mol. The van der Waals surface area contributed by atoms with Crippen molar-refractivity contribution < 1.29 is 4.79 Å². The van der Waals surface area contributed by atoms with Crippen molar-refractivity contribution in [2.75, 3.05) is 29.9 Å². The van der Waals surface area contributed by atoms with Crippen LogP contribution in [0.15, 0.2) is 24.4 Å². The molecule has 5 rings (SSSR count). The van der Waals surface area contributed by atoms with Gasteiger partial charge in [0.15, 0.2) is 0 Å². The molecule has 184 valence electrons. The molecule has 1 amide bonds. The molecular weight excluding hydrogens is 436 g/mol. The Morgan fingerprint density at radius 2 is 2.03 bits per heavy atom. The molecule has 1 atom stereocenters. The first kappa shape index (κ1) is 23.6. The number of hydrogen-bond donors (Lipinski definition) is 1. The van der Waals surface area contributed by atoms with Crippen molar-refractivity contribution in [3.05, 3.63) is 41.2 Å². The summed E-state index contributed by atoms with van der Waals surface area (Å²) in [5.41, 5.74) is 3.63. The predicted octanol–water partition coefficient (Wildman–Crippen LogP) is 5.29. The van der Waals surface area contributed by atoms with Crippen LogP contribution in [0, 0.1) is 24.2 Å². The van der Waals surface area contributed by atoms with Crippen LogP contribution in [0.2, 0.25) is 0 Å². The van der Waals surface area contributed by atoms with Crippen LogP contribution in [0.25, 0.3) is 0 Å². The molecule has 2 aromatic rings. The summed E-state index contributed by atoms with van der Waals surface area (Å²) in [5.74, 6) is 2.85. The standard InChI is InChI=1S/C28H36N6O/c1-3-4-5-6-26(35)34-14-13-33(18-24(34)20-7-8-20)28-22(17-29)16-23(27(32-28)21-9-10-21)31-25-15-19(2)11-12-30-25/h11-12,15-16,20-21,24H,3-10,13-14,18H2,1-2H3,(H,30,31)/t24-/m0/s1. The Balaban J connectivity index is 1.39. The van der Waals surface area contributed by atoms with Gasteiger partial charge in [0.1, 0.15) is 17.7 Å². The second-order valence-corrected chi connectivity index (χ2v) is 10.4. The Morgan fingerprint density at radius 3 is 2.71 bits per heavy atom. The summed E-state index contributed by atoms with van der Waals surface area (Å²) < 4.78 is 0. The second kappa shape index (κ2) is 10.2. The number of nitrogens with zero attached hydrogens (tertiary/aromatic N) is 5. The summed E-state index contributed by atoms with van der Waals surface area (Å²) >= 11 is 0. The number of hydrogen-bond acceptors (Lipinski definition) is 6. The fraction of sp³-hybridized carbons (Fsp3) is 0.571. The number of rotatable bonds is 9. The molecule has 0 unspecified atom stereocenters. The van der Waals surface area contributed by atoms with Crippen LogP contribution in [-0.4, -0.2) is 46.5 Å². The van der Waals surface area contributed by atoms with E-state index in [0.717, 1.165) is 73.8 Å². The van der Waals surface area contributed by atoms with Gasteiger partial charge in [-0.1, -0.05) is 19.8 Å². The highest BCUT2D eigenvalue weighted by molar-refractivity contribution is 5.77. The zero-order valence-corrected chi connectivity index (χ0v) is 21.0. The van der Waals surface area contributed by atoms with Gasteiger partial charge in [-0.2, -0.15) is 5.26 Å². The molecule has 1 aliphatic heterocycles. The molecule has 3 aliphatic rings. The van der Waals surface area contributed by atoms with E-state index in [-0.39, 0.29) is 6.04 Å². The minimum absolute atomic E-state index is 0.227. The number of anilines is 3. The lowest BCUT2D eigenvalue weighted by molar-refractivity contribution is -0.134. The Hall–Kier alpha value is -3.14. The highest BCUT2D eigenvalue weighted by Gasteiger charge is 2.41. The Kier molecular flexibility index (Phi) is 6.90. The second-order valence-electron chi connectivity index (χ2n) is 10.4. The Morgan fingerprint density at radius 1 is 1.20 bits per heavy atom. The van der Waals surface area contributed by atoms with E-state index in [4.69, 9.17) is 4.98 Å². The van der Waals surface area contributed by atoms with E-state index in [1.807, 2.05) is 25.1 Å². The van der Waals surface area contributed by atoms with E-state index < -0.39 is 0 Å². The van der Waals surface area contributed by atoms with E-state index in [1.165, 1.54) is 12.8 Å². The van der Waals surface area contributed by atoms with Gasteiger partial charge < -0.3 is 15.1 Å². The van der Waals surface area contributed by atoms with Crippen molar-refractivity contribution in [2.24, 2.45) is 5.92 Å². The molecule has 0 aromatic carbocycles. The number of carbonyl (C=O) groups is 1. The lowest BCUT2D eigenvalue weighted by Crippen LogP contribution is -2.56. The van der Waals surface area contributed by atoms with E-state index in [0.29, 0.717) is 36.3 Å². The fourth-order valence-corrected chi connectivity index (χ4v) is 5.22. The summed E-state index contributed by atoms with van der Waals surface area (Å²) in [6, 6.07) is 8.56. The molecule has 7 nitrogen and oxygen atoms in total. The fourth-order valence-electron chi connectivity index (χ4n) is 5.22. The molecule has 1 saturated heterocycles. The third kappa shape index (κ3) is 5.42. The van der Waals surface area contributed by atoms with E-state index in [2.05, 4.69) is 33.1 Å². The number of nitriles is 1. The lowest BCUT2D eigenvalue weighted by Gasteiger charge is -2.42. The molecule has 35 heavy (non-hydrogen) atoms. The highest BCUT2D eigenvalue weighted by Crippen LogP contribution is 2.45. The van der Waals surface area contributed by atoms with Gasteiger partial charge in [0, 0.05) is 38.2 Å². The first-order valence-electron chi connectivity index (χ1n) is 13.3. The van der Waals surface area contributed by atoms with Crippen molar-refractivity contribution in [2.45, 2.75) is 77.2 Å². The van der Waals surface area contributed by atoms with Gasteiger partial charge in [-0.25, -0.2) is 9.97 Å². The van der Waals surface area contributed by atoms with Crippen LogP contribution in [0.4, 0.5) is 17.3 Å². The van der Waals surface area contributed by atoms with Gasteiger partial charge >= 0.3 is 0 Å². The van der Waals surface area contributed by atoms with Gasteiger partial charge in [-0.05, 0) is 68.7 Å². The number of aryl methyl sites for hydroxylation is 1. The zero-order valence-electron chi connectivity index (χ0n) is 21.0. The summed E-state index contributed by atoms with van der Waals surface area (Å²) in [4.78, 5) is 26.9. The summed E-state index contributed by atoms with van der Waals surface area (Å²) in [6.07, 6.45) is 10.3. The Bertz CT molecular complexity index is 1120. The SMILES string of the molecule is CCCCCC(=O)N1CCN(c2nc(C3CC3)c(Nc3cc(C)ccn3)cc2C#N)C[C@H]1C1CC1. The van der Waals surface area contributed by atoms with Crippen molar-refractivity contribution >= 4 is 23.2 Å². The average molecular weight is 473 g/mol. The van der Waals surface area contributed by atoms with Crippen molar-refractivity contribution in [1.29, 1.82) is 5.26 Å². The smallest absolute Gasteiger partial charge is 0.222 e. The zero-order chi connectivity index (χ0) is 24.4. The number of nitrogens with one attached hydrogen (secondary N) is 1. The Labute approximate surface area is 208 Å². The van der Waals surface area contributed by atoms with Crippen LogP contribution in [-0.2, 0) is 4.79 Å². The average Bonchev–Trinajstić information content (AvgIpc) is 3.77. The third-order valence-electron chi connectivity index (χ3n) is 7.49. The van der Waals surface area contributed by atoms with Crippen molar-refractivity contribution in [3.8, 4) is 6.07 Å². The topological polar surface area (TPSA) is 85.2 Å². The molecule has 2 aliphatic carbocycles. The highest BCUT2D eigenvalue weighted by atomic mass is 16.2. The van der Waals surface area contributed by atoms with E-state index in [1.54, 1.807) is 6.20 Å². The quantitative estimate of drug-likeness (QED) is 0.500. The molecule has 2 saturated carbocycles. The van der Waals surface area contributed by atoms with E-state index >= 15 is 0 Å². The largest absolute Gasteiger partial charge is 0.352 e. The molecule has 7 heteroatoms. The molecule has 0 bridgehead atoms. The maximum atomic E-state index is 13.0. The van der Waals surface area contributed by atoms with Crippen LogP contribution < -0.4 is 10.2 Å². The molecule has 3 fully saturated rings. The number of aromatic nitrogens is 2. The number of piperazine rings is 1. The molecule has 0 radical (unpaired) electrons. The van der Waals surface area contributed by atoms with E-state index in [9.17, 15) is 10.1 Å². The maximum absolute atomic E-state index is 13.0. The molecular formula is C28H36N6O.